The Morgan fingerprint density at radius 2 is 1.59 bits per heavy atom. The van der Waals surface area contributed by atoms with Crippen LogP contribution < -0.4 is 4.74 Å². The fraction of sp³-hybridized carbons (Fsp3) is 0.632. The summed E-state index contributed by atoms with van der Waals surface area (Å²) in [6, 6.07) is 5.36. The molecule has 3 nitrogen and oxygen atoms in total. The fourth-order valence-electron chi connectivity index (χ4n) is 2.44. The van der Waals surface area contributed by atoms with Crippen LogP contribution in [0.25, 0.3) is 0 Å². The summed E-state index contributed by atoms with van der Waals surface area (Å²) in [5, 5.41) is 9.44. The van der Waals surface area contributed by atoms with Crippen molar-refractivity contribution >= 4 is 5.78 Å². The Bertz CT molecular complexity index is 440. The molecule has 3 heteroatoms. The van der Waals surface area contributed by atoms with Gasteiger partial charge in [0.25, 0.3) is 0 Å². The topological polar surface area (TPSA) is 46.5 Å². The number of carbonyl (C=O) groups excluding carboxylic acids is 1. The van der Waals surface area contributed by atoms with Crippen molar-refractivity contribution in [1.82, 2.24) is 0 Å². The summed E-state index contributed by atoms with van der Waals surface area (Å²) in [5.41, 5.74) is 0.849. The van der Waals surface area contributed by atoms with Gasteiger partial charge in [-0.1, -0.05) is 38.5 Å². The van der Waals surface area contributed by atoms with Gasteiger partial charge in [0, 0.05) is 6.42 Å². The van der Waals surface area contributed by atoms with Gasteiger partial charge in [0.2, 0.25) is 0 Å². The first kappa shape index (κ1) is 18.5. The first-order valence-corrected chi connectivity index (χ1v) is 8.51. The number of hydrogen-bond donors (Lipinski definition) is 1. The van der Waals surface area contributed by atoms with Gasteiger partial charge in [-0.2, -0.15) is 0 Å². The molecule has 0 atom stereocenters. The molecule has 0 aliphatic carbocycles. The zero-order chi connectivity index (χ0) is 16.2. The van der Waals surface area contributed by atoms with E-state index < -0.39 is 0 Å². The van der Waals surface area contributed by atoms with Gasteiger partial charge in [-0.15, -0.1) is 0 Å². The molecule has 1 aromatic carbocycles. The van der Waals surface area contributed by atoms with Gasteiger partial charge in [-0.3, -0.25) is 0 Å². The van der Waals surface area contributed by atoms with Crippen molar-refractivity contribution in [2.24, 2.45) is 0 Å². The van der Waals surface area contributed by atoms with E-state index >= 15 is 0 Å². The minimum atomic E-state index is 0.309. The fourth-order valence-corrected chi connectivity index (χ4v) is 2.44. The first-order chi connectivity index (χ1) is 10.6. The van der Waals surface area contributed by atoms with Crippen LogP contribution in [-0.2, 0) is 4.79 Å². The molecule has 0 aliphatic heterocycles. The summed E-state index contributed by atoms with van der Waals surface area (Å²) in [5.74, 6) is 1.46. The van der Waals surface area contributed by atoms with Gasteiger partial charge < -0.3 is 14.6 Å². The van der Waals surface area contributed by atoms with Crippen molar-refractivity contribution in [2.45, 2.75) is 71.6 Å². The number of benzene rings is 1. The summed E-state index contributed by atoms with van der Waals surface area (Å²) in [6.07, 6.45) is 10.3. The molecule has 1 rings (SSSR count). The number of rotatable bonds is 12. The third-order valence-electron chi connectivity index (χ3n) is 3.86. The summed E-state index contributed by atoms with van der Waals surface area (Å²) >= 11 is 0. The maximum atomic E-state index is 10.8. The smallest absolute Gasteiger partial charge is 0.129 e. The Morgan fingerprint density at radius 3 is 2.18 bits per heavy atom. The van der Waals surface area contributed by atoms with Crippen LogP contribution in [-0.4, -0.2) is 17.5 Å². The van der Waals surface area contributed by atoms with Crippen molar-refractivity contribution in [1.29, 1.82) is 0 Å². The minimum absolute atomic E-state index is 0.309. The molecule has 0 unspecified atom stereocenters. The zero-order valence-corrected chi connectivity index (χ0v) is 14.1. The van der Waals surface area contributed by atoms with Crippen LogP contribution in [0, 0.1) is 6.92 Å². The number of ether oxygens (including phenoxy) is 1. The quantitative estimate of drug-likeness (QED) is 0.541. The number of phenols is 1. The molecule has 0 aromatic heterocycles. The monoisotopic (exact) mass is 306 g/mol. The van der Waals surface area contributed by atoms with Gasteiger partial charge >= 0.3 is 0 Å². The number of phenolic OH excluding ortho intramolecular Hbond substituents is 1. The number of aryl methyl sites for hydroxylation is 1. The largest absolute Gasteiger partial charge is 0.508 e. The standard InChI is InChI=1S/C19H30O3/c1-16-15-18(12-13-19(16)21)22-14-10-8-6-4-3-5-7-9-11-17(2)20/h12-13,15,21H,3-11,14H2,1-2H3. The van der Waals surface area contributed by atoms with Gasteiger partial charge in [0.05, 0.1) is 6.61 Å². The lowest BCUT2D eigenvalue weighted by molar-refractivity contribution is -0.117. The normalized spacial score (nSPS) is 10.6. The summed E-state index contributed by atoms with van der Waals surface area (Å²) in [7, 11) is 0. The molecule has 0 radical (unpaired) electrons. The molecule has 0 saturated carbocycles. The highest BCUT2D eigenvalue weighted by Gasteiger charge is 1.99. The number of unbranched alkanes of at least 4 members (excludes halogenated alkanes) is 7. The van der Waals surface area contributed by atoms with Gasteiger partial charge in [-0.25, -0.2) is 0 Å². The van der Waals surface area contributed by atoms with E-state index in [2.05, 4.69) is 0 Å². The van der Waals surface area contributed by atoms with Gasteiger partial charge in [0.1, 0.15) is 17.3 Å². The minimum Gasteiger partial charge on any atom is -0.508 e. The second-order valence-electron chi connectivity index (χ2n) is 6.08. The lowest BCUT2D eigenvalue weighted by atomic mass is 10.1. The van der Waals surface area contributed by atoms with E-state index in [9.17, 15) is 9.90 Å². The highest BCUT2D eigenvalue weighted by molar-refractivity contribution is 5.75. The number of ketones is 1. The Kier molecular flexibility index (Phi) is 9.36. The average molecular weight is 306 g/mol. The Balaban J connectivity index is 1.91. The van der Waals surface area contributed by atoms with E-state index in [0.717, 1.165) is 37.2 Å². The van der Waals surface area contributed by atoms with Crippen LogP contribution in [0.4, 0.5) is 0 Å². The SMILES string of the molecule is CC(=O)CCCCCCCCCCOc1ccc(O)c(C)c1. The van der Waals surface area contributed by atoms with E-state index in [1.807, 2.05) is 19.1 Å². The van der Waals surface area contributed by atoms with E-state index in [1.54, 1.807) is 13.0 Å². The van der Waals surface area contributed by atoms with E-state index in [-0.39, 0.29) is 0 Å². The van der Waals surface area contributed by atoms with Crippen molar-refractivity contribution < 1.29 is 14.6 Å². The highest BCUT2D eigenvalue weighted by Crippen LogP contribution is 2.22. The van der Waals surface area contributed by atoms with Crippen LogP contribution in [0.1, 0.15) is 70.3 Å². The molecule has 0 fully saturated rings. The van der Waals surface area contributed by atoms with Gasteiger partial charge in [-0.05, 0) is 50.5 Å². The van der Waals surface area contributed by atoms with Crippen molar-refractivity contribution in [3.63, 3.8) is 0 Å². The molecular weight excluding hydrogens is 276 g/mol. The molecule has 22 heavy (non-hydrogen) atoms. The molecular formula is C19H30O3. The molecule has 1 N–H and O–H groups in total. The summed E-state index contributed by atoms with van der Waals surface area (Å²) in [6.45, 7) is 4.28. The Labute approximate surface area is 134 Å². The lowest BCUT2D eigenvalue weighted by Gasteiger charge is -2.07. The van der Waals surface area contributed by atoms with Gasteiger partial charge in [0.15, 0.2) is 0 Å². The number of carbonyl (C=O) groups is 1. The average Bonchev–Trinajstić information content (AvgIpc) is 2.48. The number of hydrogen-bond acceptors (Lipinski definition) is 3. The van der Waals surface area contributed by atoms with Crippen LogP contribution in [0.5, 0.6) is 11.5 Å². The maximum absolute atomic E-state index is 10.8. The van der Waals surface area contributed by atoms with Crippen LogP contribution >= 0.6 is 0 Å². The van der Waals surface area contributed by atoms with Crippen molar-refractivity contribution in [3.05, 3.63) is 23.8 Å². The molecule has 0 spiro atoms. The zero-order valence-electron chi connectivity index (χ0n) is 14.1. The number of Topliss-reactive ketones (excluding diaryl/α,β-unsaturated/α-hetero) is 1. The Hall–Kier alpha value is -1.51. The van der Waals surface area contributed by atoms with Crippen LogP contribution in [0.15, 0.2) is 18.2 Å². The molecule has 124 valence electrons. The predicted octanol–water partition coefficient (Wildman–Crippen LogP) is 5.18. The predicted molar refractivity (Wildman–Crippen MR) is 90.6 cm³/mol. The van der Waals surface area contributed by atoms with E-state index in [4.69, 9.17) is 4.74 Å². The van der Waals surface area contributed by atoms with Crippen molar-refractivity contribution in [2.75, 3.05) is 6.61 Å². The van der Waals surface area contributed by atoms with Crippen molar-refractivity contribution in [3.8, 4) is 11.5 Å². The lowest BCUT2D eigenvalue weighted by Crippen LogP contribution is -1.97. The van der Waals surface area contributed by atoms with Crippen LogP contribution in [0.2, 0.25) is 0 Å². The maximum Gasteiger partial charge on any atom is 0.129 e. The third-order valence-corrected chi connectivity index (χ3v) is 3.86. The Morgan fingerprint density at radius 1 is 1.00 bits per heavy atom. The first-order valence-electron chi connectivity index (χ1n) is 8.51. The van der Waals surface area contributed by atoms with E-state index in [0.29, 0.717) is 11.5 Å². The molecule has 0 aliphatic rings. The second kappa shape index (κ2) is 11.1. The molecule has 0 heterocycles. The molecule has 0 bridgehead atoms. The van der Waals surface area contributed by atoms with Crippen LogP contribution in [0.3, 0.4) is 0 Å². The summed E-state index contributed by atoms with van der Waals surface area (Å²) < 4.78 is 5.68. The summed E-state index contributed by atoms with van der Waals surface area (Å²) in [4.78, 5) is 10.8. The molecule has 0 saturated heterocycles. The van der Waals surface area contributed by atoms with E-state index in [1.165, 1.54) is 38.5 Å². The third kappa shape index (κ3) is 8.71. The second-order valence-corrected chi connectivity index (χ2v) is 6.08. The molecule has 0 amide bonds. The molecule has 1 aromatic rings. The number of aromatic hydroxyl groups is 1. The highest BCUT2D eigenvalue weighted by atomic mass is 16.5.